The molecule has 268 valence electrons. The van der Waals surface area contributed by atoms with Crippen molar-refractivity contribution in [1.82, 2.24) is 0 Å². The first-order valence-electron chi connectivity index (χ1n) is 16.9. The lowest BCUT2D eigenvalue weighted by Crippen LogP contribution is -2.13. The fourth-order valence-corrected chi connectivity index (χ4v) is 12.1. The first-order chi connectivity index (χ1) is 23.0. The SMILES string of the molecule is COc1c2cc(C(C)(C)C)cc1Sc1cc(C(C)(C)C)cc(c1OC)Sc1cc(C(C)(C)C)cc(c1I)Sc1cc(C(C)(C)C)cc(c1I)S2. The number of fused-ring (bicyclic) bond motifs is 8. The van der Waals surface area contributed by atoms with E-state index >= 15 is 0 Å². The van der Waals surface area contributed by atoms with Crippen molar-refractivity contribution in [2.75, 3.05) is 14.2 Å². The Kier molecular flexibility index (Phi) is 12.1. The summed E-state index contributed by atoms with van der Waals surface area (Å²) in [5, 5.41) is 0. The minimum Gasteiger partial charge on any atom is -0.494 e. The molecule has 0 aromatic heterocycles. The van der Waals surface area contributed by atoms with Gasteiger partial charge in [0.2, 0.25) is 0 Å². The molecule has 1 heterocycles. The maximum Gasteiger partial charge on any atom is 0.146 e. The molecule has 0 amide bonds. The predicted molar refractivity (Wildman–Crippen MR) is 236 cm³/mol. The topological polar surface area (TPSA) is 18.5 Å². The van der Waals surface area contributed by atoms with E-state index in [-0.39, 0.29) is 21.7 Å². The van der Waals surface area contributed by atoms with E-state index in [9.17, 15) is 0 Å². The summed E-state index contributed by atoms with van der Waals surface area (Å²) in [5.74, 6) is 1.80. The Labute approximate surface area is 345 Å². The summed E-state index contributed by atoms with van der Waals surface area (Å²) in [6, 6.07) is 19.0. The van der Waals surface area contributed by atoms with Crippen molar-refractivity contribution in [3.63, 3.8) is 0 Å². The Morgan fingerprint density at radius 1 is 0.360 bits per heavy atom. The second kappa shape index (κ2) is 14.9. The Hall–Kier alpha value is -0.660. The monoisotopic (exact) mass is 968 g/mol. The number of rotatable bonds is 2. The number of benzene rings is 4. The van der Waals surface area contributed by atoms with Crippen LogP contribution in [0, 0.1) is 7.14 Å². The van der Waals surface area contributed by atoms with Gasteiger partial charge in [-0.2, -0.15) is 0 Å². The van der Waals surface area contributed by atoms with E-state index in [2.05, 4.69) is 177 Å². The zero-order valence-electron chi connectivity index (χ0n) is 31.8. The van der Waals surface area contributed by atoms with Crippen molar-refractivity contribution in [2.45, 2.75) is 144 Å². The lowest BCUT2D eigenvalue weighted by atomic mass is 9.87. The third kappa shape index (κ3) is 8.82. The molecule has 5 rings (SSSR count). The molecule has 0 atom stereocenters. The van der Waals surface area contributed by atoms with Crippen molar-refractivity contribution in [2.24, 2.45) is 0 Å². The molecule has 4 aromatic carbocycles. The van der Waals surface area contributed by atoms with Crippen LogP contribution in [0.2, 0.25) is 0 Å². The second-order valence-corrected chi connectivity index (χ2v) is 23.5. The van der Waals surface area contributed by atoms with Gasteiger partial charge in [0.25, 0.3) is 0 Å². The molecule has 0 saturated carbocycles. The molecule has 0 unspecified atom stereocenters. The summed E-state index contributed by atoms with van der Waals surface area (Å²) >= 11 is 12.5. The number of ether oxygens (including phenoxy) is 2. The van der Waals surface area contributed by atoms with Gasteiger partial charge in [-0.25, -0.2) is 0 Å². The Balaban J connectivity index is 1.93. The van der Waals surface area contributed by atoms with E-state index in [0.717, 1.165) is 31.1 Å². The molecular weight excluding hydrogens is 919 g/mol. The van der Waals surface area contributed by atoms with Crippen LogP contribution in [0.4, 0.5) is 0 Å². The highest BCUT2D eigenvalue weighted by Crippen LogP contribution is 2.54. The molecule has 1 aliphatic heterocycles. The Bertz CT molecular complexity index is 1800. The molecule has 4 aromatic rings. The highest BCUT2D eigenvalue weighted by molar-refractivity contribution is 14.1. The van der Waals surface area contributed by atoms with Crippen LogP contribution in [0.3, 0.4) is 0 Å². The summed E-state index contributed by atoms with van der Waals surface area (Å²) < 4.78 is 15.2. The van der Waals surface area contributed by atoms with Crippen LogP contribution in [0.5, 0.6) is 11.5 Å². The Morgan fingerprint density at radius 2 is 0.540 bits per heavy atom. The van der Waals surface area contributed by atoms with Crippen LogP contribution >= 0.6 is 92.2 Å². The molecular formula is C42H50I2O2S4. The number of hydrogen-bond acceptors (Lipinski definition) is 6. The lowest BCUT2D eigenvalue weighted by molar-refractivity contribution is 0.390. The first kappa shape index (κ1) is 40.5. The molecule has 50 heavy (non-hydrogen) atoms. The molecule has 0 spiro atoms. The van der Waals surface area contributed by atoms with Gasteiger partial charge in [-0.3, -0.25) is 0 Å². The standard InChI is InChI=1S/C42H50I2O2S4/c1-39(2,3)23-15-27-35(43)29(17-23)48-31-19-25(41(7,8)9)21-33(37(31)45-13)50-34-22-26(42(10,11)12)20-32(38(34)46-14)49-30-18-24(40(4,5)6)16-28(47-27)36(30)44/h15-22H,1-14H3. The average molecular weight is 969 g/mol. The van der Waals surface area contributed by atoms with Gasteiger partial charge in [0.05, 0.1) is 33.8 Å². The predicted octanol–water partition coefficient (Wildman–Crippen LogP) is 15.0. The summed E-state index contributed by atoms with van der Waals surface area (Å²) in [6.07, 6.45) is 0. The largest absolute Gasteiger partial charge is 0.494 e. The normalized spacial score (nSPS) is 14.1. The van der Waals surface area contributed by atoms with Gasteiger partial charge < -0.3 is 9.47 Å². The minimum atomic E-state index is -0.0539. The fraction of sp³-hybridized carbons (Fsp3) is 0.429. The van der Waals surface area contributed by atoms with Gasteiger partial charge >= 0.3 is 0 Å². The van der Waals surface area contributed by atoms with Gasteiger partial charge in [-0.1, -0.05) is 130 Å². The van der Waals surface area contributed by atoms with E-state index in [1.807, 2.05) is 49.5 Å². The molecule has 0 saturated heterocycles. The minimum absolute atomic E-state index is 0.0143. The van der Waals surface area contributed by atoms with E-state index in [1.54, 1.807) is 11.8 Å². The van der Waals surface area contributed by atoms with Crippen molar-refractivity contribution in [3.05, 3.63) is 77.9 Å². The quantitative estimate of drug-likeness (QED) is 0.163. The summed E-state index contributed by atoms with van der Waals surface area (Å²) in [7, 11) is 3.61. The van der Waals surface area contributed by atoms with Crippen LogP contribution in [-0.2, 0) is 21.7 Å². The average Bonchev–Trinajstić information content (AvgIpc) is 2.98. The maximum absolute atomic E-state index is 6.34. The van der Waals surface area contributed by atoms with Crippen molar-refractivity contribution in [1.29, 1.82) is 0 Å². The van der Waals surface area contributed by atoms with Gasteiger partial charge in [0.1, 0.15) is 11.5 Å². The maximum atomic E-state index is 6.34. The molecule has 8 heteroatoms. The van der Waals surface area contributed by atoms with Crippen molar-refractivity contribution < 1.29 is 9.47 Å². The van der Waals surface area contributed by atoms with E-state index in [0.29, 0.717) is 0 Å². The molecule has 0 aliphatic carbocycles. The zero-order chi connectivity index (χ0) is 37.1. The van der Waals surface area contributed by atoms with Crippen molar-refractivity contribution >= 4 is 92.2 Å². The molecule has 0 fully saturated rings. The van der Waals surface area contributed by atoms with Gasteiger partial charge in [-0.15, -0.1) is 0 Å². The third-order valence-electron chi connectivity index (χ3n) is 8.81. The summed E-state index contributed by atoms with van der Waals surface area (Å²) in [6.45, 7) is 27.6. The zero-order valence-corrected chi connectivity index (χ0v) is 39.4. The van der Waals surface area contributed by atoms with E-state index in [4.69, 9.17) is 9.47 Å². The number of hydrogen-bond donors (Lipinski definition) is 0. The van der Waals surface area contributed by atoms with Gasteiger partial charge in [-0.05, 0) is 138 Å². The van der Waals surface area contributed by atoms with E-state index in [1.165, 1.54) is 49.0 Å². The van der Waals surface area contributed by atoms with Gasteiger partial charge in [0.15, 0.2) is 0 Å². The van der Waals surface area contributed by atoms with Crippen LogP contribution in [-0.4, -0.2) is 14.2 Å². The lowest BCUT2D eigenvalue weighted by Gasteiger charge is -2.27. The Morgan fingerprint density at radius 3 is 0.740 bits per heavy atom. The molecule has 0 radical (unpaired) electrons. The van der Waals surface area contributed by atoms with Gasteiger partial charge in [0, 0.05) is 26.7 Å². The highest BCUT2D eigenvalue weighted by Gasteiger charge is 2.28. The van der Waals surface area contributed by atoms with Crippen LogP contribution in [0.1, 0.15) is 105 Å². The molecule has 2 nitrogen and oxygen atoms in total. The summed E-state index contributed by atoms with van der Waals surface area (Å²) in [4.78, 5) is 9.50. The fourth-order valence-electron chi connectivity index (χ4n) is 5.51. The van der Waals surface area contributed by atoms with E-state index < -0.39 is 0 Å². The van der Waals surface area contributed by atoms with Crippen LogP contribution in [0.15, 0.2) is 87.7 Å². The second-order valence-electron chi connectivity index (χ2n) is 17.0. The number of halogens is 2. The third-order valence-corrected chi connectivity index (χ3v) is 16.9. The van der Waals surface area contributed by atoms with Crippen molar-refractivity contribution in [3.8, 4) is 11.5 Å². The highest BCUT2D eigenvalue weighted by atomic mass is 127. The first-order valence-corrected chi connectivity index (χ1v) is 22.3. The smallest absolute Gasteiger partial charge is 0.146 e. The molecule has 0 N–H and O–H groups in total. The molecule has 1 aliphatic rings. The molecule has 8 bridgehead atoms. The van der Waals surface area contributed by atoms with Crippen LogP contribution < -0.4 is 9.47 Å². The van der Waals surface area contributed by atoms with Crippen LogP contribution in [0.25, 0.3) is 0 Å². The summed E-state index contributed by atoms with van der Waals surface area (Å²) in [5.41, 5.74) is 5.08. The number of methoxy groups -OCH3 is 2.